The van der Waals surface area contributed by atoms with Crippen molar-refractivity contribution in [2.24, 2.45) is 11.5 Å². The van der Waals surface area contributed by atoms with Gasteiger partial charge in [0, 0.05) is 37.8 Å². The summed E-state index contributed by atoms with van der Waals surface area (Å²) in [5.74, 6) is 0. The monoisotopic (exact) mass is 398 g/mol. The van der Waals surface area contributed by atoms with Crippen LogP contribution in [0.4, 0.5) is 4.39 Å². The van der Waals surface area contributed by atoms with E-state index in [2.05, 4.69) is 44.9 Å². The molecule has 3 rings (SSSR count). The first-order valence-electron chi connectivity index (χ1n) is 10.8. The summed E-state index contributed by atoms with van der Waals surface area (Å²) in [6, 6.07) is 0.353. The summed E-state index contributed by atoms with van der Waals surface area (Å²) in [5, 5.41) is 21.4. The van der Waals surface area contributed by atoms with E-state index in [0.29, 0.717) is 19.4 Å². The largest absolute Gasteiger partial charge is 0.330 e. The predicted molar refractivity (Wildman–Crippen MR) is 111 cm³/mol. The van der Waals surface area contributed by atoms with Crippen molar-refractivity contribution in [2.45, 2.75) is 81.9 Å². The molecule has 8 nitrogen and oxygen atoms in total. The van der Waals surface area contributed by atoms with Gasteiger partial charge in [-0.3, -0.25) is 26.6 Å². The third kappa shape index (κ3) is 6.43. The van der Waals surface area contributed by atoms with Crippen LogP contribution in [0.1, 0.15) is 39.0 Å². The molecule has 0 aromatic rings. The van der Waals surface area contributed by atoms with E-state index in [1.807, 2.05) is 0 Å². The molecule has 7 atom stereocenters. The number of hydrogen-bond acceptors (Lipinski definition) is 8. The molecule has 0 aromatic heterocycles. The minimum atomic E-state index is -0.689. The Hall–Kier alpha value is -0.650. The molecule has 0 bridgehead atoms. The molecular weight excluding hydrogens is 359 g/mol. The Labute approximate surface area is 168 Å². The lowest BCUT2D eigenvalue weighted by atomic mass is 9.93. The fourth-order valence-corrected chi connectivity index (χ4v) is 4.34. The van der Waals surface area contributed by atoms with E-state index >= 15 is 0 Å². The van der Waals surface area contributed by atoms with Crippen molar-refractivity contribution in [3.8, 4) is 0 Å². The number of allylic oxidation sites excluding steroid dienone is 1. The van der Waals surface area contributed by atoms with E-state index in [9.17, 15) is 4.39 Å². The minimum Gasteiger partial charge on any atom is -0.330 e. The van der Waals surface area contributed by atoms with Crippen LogP contribution in [0.25, 0.3) is 0 Å². The van der Waals surface area contributed by atoms with Crippen LogP contribution in [-0.2, 0) is 0 Å². The van der Waals surface area contributed by atoms with E-state index in [1.165, 1.54) is 5.57 Å². The van der Waals surface area contributed by atoms with Gasteiger partial charge in [-0.05, 0) is 45.6 Å². The van der Waals surface area contributed by atoms with Crippen LogP contribution in [0.3, 0.4) is 0 Å². The highest BCUT2D eigenvalue weighted by Gasteiger charge is 2.33. The summed E-state index contributed by atoms with van der Waals surface area (Å²) in [4.78, 5) is 0. The Morgan fingerprint density at radius 1 is 1.29 bits per heavy atom. The molecule has 162 valence electrons. The smallest absolute Gasteiger partial charge is 0.113 e. The first kappa shape index (κ1) is 22.0. The number of hydrogen-bond donors (Lipinski definition) is 8. The van der Waals surface area contributed by atoms with Crippen LogP contribution >= 0.6 is 0 Å². The zero-order valence-electron chi connectivity index (χ0n) is 17.0. The normalized spacial score (nSPS) is 36.6. The van der Waals surface area contributed by atoms with Crippen LogP contribution in [-0.4, -0.2) is 69.1 Å². The molecule has 1 aliphatic carbocycles. The second kappa shape index (κ2) is 10.9. The summed E-state index contributed by atoms with van der Waals surface area (Å²) in [5.41, 5.74) is 13.4. The van der Waals surface area contributed by atoms with Gasteiger partial charge in [0.05, 0.1) is 12.3 Å². The van der Waals surface area contributed by atoms with E-state index < -0.39 is 6.17 Å². The molecular formula is C19H39FN8. The molecule has 0 aromatic carbocycles. The van der Waals surface area contributed by atoms with Gasteiger partial charge in [-0.2, -0.15) is 0 Å². The molecule has 0 saturated carbocycles. The lowest BCUT2D eigenvalue weighted by Crippen LogP contribution is -2.73. The maximum Gasteiger partial charge on any atom is 0.113 e. The Morgan fingerprint density at radius 2 is 2.14 bits per heavy atom. The number of piperazine rings is 1. The Kier molecular flexibility index (Phi) is 8.61. The summed E-state index contributed by atoms with van der Waals surface area (Å²) < 4.78 is 13.4. The molecule has 28 heavy (non-hydrogen) atoms. The molecule has 10 N–H and O–H groups in total. The number of nitrogens with two attached hydrogens (primary N) is 2. The highest BCUT2D eigenvalue weighted by atomic mass is 19.1. The topological polar surface area (TPSA) is 124 Å². The first-order chi connectivity index (χ1) is 13.5. The number of alkyl halides is 1. The molecule has 0 amide bonds. The summed E-state index contributed by atoms with van der Waals surface area (Å²) >= 11 is 0. The van der Waals surface area contributed by atoms with Crippen molar-refractivity contribution in [1.29, 1.82) is 0 Å². The lowest BCUT2D eigenvalue weighted by molar-refractivity contribution is 0.148. The van der Waals surface area contributed by atoms with Gasteiger partial charge in [-0.15, -0.1) is 0 Å². The third-order valence-corrected chi connectivity index (χ3v) is 6.05. The van der Waals surface area contributed by atoms with E-state index in [0.717, 1.165) is 38.9 Å². The second-order valence-corrected chi connectivity index (χ2v) is 8.32. The van der Waals surface area contributed by atoms with Gasteiger partial charge in [-0.25, -0.2) is 4.39 Å². The molecule has 0 spiro atoms. The number of halogens is 1. The highest BCUT2D eigenvalue weighted by Crippen LogP contribution is 2.23. The van der Waals surface area contributed by atoms with Gasteiger partial charge in [0.2, 0.25) is 0 Å². The van der Waals surface area contributed by atoms with Gasteiger partial charge in [0.1, 0.15) is 12.5 Å². The van der Waals surface area contributed by atoms with Gasteiger partial charge in [0.15, 0.2) is 0 Å². The van der Waals surface area contributed by atoms with Crippen LogP contribution in [0, 0.1) is 0 Å². The van der Waals surface area contributed by atoms with Gasteiger partial charge >= 0.3 is 0 Å². The molecule has 9 heteroatoms. The Bertz CT molecular complexity index is 498. The fourth-order valence-electron chi connectivity index (χ4n) is 4.34. The van der Waals surface area contributed by atoms with Crippen molar-refractivity contribution in [2.75, 3.05) is 26.2 Å². The van der Waals surface area contributed by atoms with Gasteiger partial charge in [0.25, 0.3) is 0 Å². The van der Waals surface area contributed by atoms with Crippen molar-refractivity contribution >= 4 is 0 Å². The van der Waals surface area contributed by atoms with E-state index in [4.69, 9.17) is 11.5 Å². The van der Waals surface area contributed by atoms with Gasteiger partial charge < -0.3 is 16.8 Å². The van der Waals surface area contributed by atoms with Crippen molar-refractivity contribution in [3.63, 3.8) is 0 Å². The average Bonchev–Trinajstić information content (AvgIpc) is 2.69. The van der Waals surface area contributed by atoms with E-state index in [-0.39, 0.29) is 36.7 Å². The van der Waals surface area contributed by atoms with Crippen LogP contribution in [0.2, 0.25) is 0 Å². The molecule has 0 radical (unpaired) electrons. The molecule has 3 aliphatic rings. The zero-order chi connectivity index (χ0) is 19.9. The highest BCUT2D eigenvalue weighted by molar-refractivity contribution is 5.13. The SMILES string of the molecule is C[C@H](NC1NC(N[C@H]2CNCCN2)CC(C(N)CCN)N1)C1=CCC(F)CC1. The van der Waals surface area contributed by atoms with E-state index in [1.54, 1.807) is 0 Å². The Morgan fingerprint density at radius 3 is 2.82 bits per heavy atom. The molecule has 2 fully saturated rings. The predicted octanol–water partition coefficient (Wildman–Crippen LogP) is -1.24. The average molecular weight is 399 g/mol. The van der Waals surface area contributed by atoms with Crippen LogP contribution in [0.15, 0.2) is 11.6 Å². The van der Waals surface area contributed by atoms with Crippen molar-refractivity contribution in [3.05, 3.63) is 11.6 Å². The van der Waals surface area contributed by atoms with Crippen molar-refractivity contribution in [1.82, 2.24) is 31.9 Å². The second-order valence-electron chi connectivity index (χ2n) is 8.32. The lowest BCUT2D eigenvalue weighted by Gasteiger charge is -2.43. The third-order valence-electron chi connectivity index (χ3n) is 6.05. The summed E-state index contributed by atoms with van der Waals surface area (Å²) in [6.45, 7) is 5.59. The first-order valence-corrected chi connectivity index (χ1v) is 10.8. The van der Waals surface area contributed by atoms with Gasteiger partial charge in [-0.1, -0.05) is 11.6 Å². The summed E-state index contributed by atoms with van der Waals surface area (Å²) in [6.07, 6.45) is 5.30. The number of rotatable bonds is 8. The maximum absolute atomic E-state index is 13.4. The standard InChI is InChI=1S/C19H39FN8/c1-12(13-2-4-14(20)5-3-13)25-19-26-16(15(22)6-7-21)10-17(28-19)27-18-11-23-8-9-24-18/h2,12,14-19,23-28H,3-11,21-22H2,1H3/t12-,14?,15?,16?,17?,18-,19?/m0/s1. The number of nitrogens with one attached hydrogen (secondary N) is 6. The minimum absolute atomic E-state index is 0.00892. The van der Waals surface area contributed by atoms with Crippen LogP contribution in [0.5, 0.6) is 0 Å². The zero-order valence-corrected chi connectivity index (χ0v) is 17.0. The molecule has 5 unspecified atom stereocenters. The quantitative estimate of drug-likeness (QED) is 0.239. The van der Waals surface area contributed by atoms with Crippen LogP contribution < -0.4 is 43.4 Å². The molecule has 2 saturated heterocycles. The molecule has 2 heterocycles. The Balaban J connectivity index is 1.59. The molecule has 2 aliphatic heterocycles. The van der Waals surface area contributed by atoms with Crippen molar-refractivity contribution < 1.29 is 4.39 Å². The maximum atomic E-state index is 13.4. The summed E-state index contributed by atoms with van der Waals surface area (Å²) in [7, 11) is 0. The fraction of sp³-hybridized carbons (Fsp3) is 0.895.